The second-order valence-corrected chi connectivity index (χ2v) is 9.48. The van der Waals surface area contributed by atoms with Gasteiger partial charge in [0.15, 0.2) is 0 Å². The first-order chi connectivity index (χ1) is 19.1. The minimum absolute atomic E-state index is 0.0140. The van der Waals surface area contributed by atoms with Crippen LogP contribution < -0.4 is 0 Å². The molecule has 0 atom stereocenters. The van der Waals surface area contributed by atoms with Crippen molar-refractivity contribution in [2.75, 3.05) is 0 Å². The van der Waals surface area contributed by atoms with Crippen LogP contribution in [0.3, 0.4) is 0 Å². The average molecular weight is 510 g/mol. The highest BCUT2D eigenvalue weighted by Crippen LogP contribution is 2.38. The topological polar surface area (TPSA) is 12.9 Å². The molecule has 0 radical (unpaired) electrons. The second kappa shape index (κ2) is 10.5. The lowest BCUT2D eigenvalue weighted by Gasteiger charge is -2.18. The Morgan fingerprint density at radius 1 is 0.385 bits per heavy atom. The van der Waals surface area contributed by atoms with E-state index >= 15 is 8.78 Å². The summed E-state index contributed by atoms with van der Waals surface area (Å²) in [5.74, 6) is -3.08. The number of hydrogen-bond acceptors (Lipinski definition) is 1. The molecule has 0 unspecified atom stereocenters. The third-order valence-electron chi connectivity index (χ3n) is 6.91. The lowest BCUT2D eigenvalue weighted by atomic mass is 9.93. The molecule has 0 aliphatic rings. The van der Waals surface area contributed by atoms with Crippen molar-refractivity contribution in [2.24, 2.45) is 0 Å². The Balaban J connectivity index is 1.33. The fraction of sp³-hybridized carbons (Fsp3) is 0.0278. The Labute approximate surface area is 227 Å². The summed E-state index contributed by atoms with van der Waals surface area (Å²) in [5, 5.41) is 0. The highest BCUT2D eigenvalue weighted by atomic mass is 19.3. The molecule has 0 N–H and O–H groups in total. The van der Waals surface area contributed by atoms with Gasteiger partial charge in [0.1, 0.15) is 0 Å². The van der Waals surface area contributed by atoms with E-state index in [-0.39, 0.29) is 11.1 Å². The number of pyridine rings is 1. The molecule has 0 aliphatic carbocycles. The Kier molecular flexibility index (Phi) is 6.56. The largest absolute Gasteiger partial charge is 0.298 e. The maximum absolute atomic E-state index is 15.3. The van der Waals surface area contributed by atoms with E-state index in [4.69, 9.17) is 0 Å². The minimum Gasteiger partial charge on any atom is -0.256 e. The van der Waals surface area contributed by atoms with Gasteiger partial charge in [0.05, 0.1) is 5.69 Å². The molecular weight excluding hydrogens is 484 g/mol. The van der Waals surface area contributed by atoms with Gasteiger partial charge in [-0.2, -0.15) is 8.78 Å². The molecule has 39 heavy (non-hydrogen) atoms. The lowest BCUT2D eigenvalue weighted by molar-refractivity contribution is 0.0429. The normalized spacial score (nSPS) is 11.3. The van der Waals surface area contributed by atoms with E-state index in [1.165, 1.54) is 18.2 Å². The fourth-order valence-corrected chi connectivity index (χ4v) is 4.86. The molecule has 1 heterocycles. The van der Waals surface area contributed by atoms with Crippen LogP contribution in [0.1, 0.15) is 11.1 Å². The molecule has 0 spiro atoms. The molecule has 0 bridgehead atoms. The van der Waals surface area contributed by atoms with Crippen molar-refractivity contribution in [3.63, 3.8) is 0 Å². The number of benzene rings is 5. The zero-order chi connectivity index (χ0) is 26.7. The average Bonchev–Trinajstić information content (AvgIpc) is 3.02. The van der Waals surface area contributed by atoms with Gasteiger partial charge >= 0.3 is 0 Å². The highest BCUT2D eigenvalue weighted by Gasteiger charge is 2.33. The van der Waals surface area contributed by atoms with Gasteiger partial charge in [-0.25, -0.2) is 0 Å². The molecule has 1 aromatic heterocycles. The Bertz CT molecular complexity index is 1730. The number of nitrogens with zero attached hydrogens (tertiary/aromatic N) is 1. The molecule has 188 valence electrons. The first-order valence-corrected chi connectivity index (χ1v) is 12.8. The summed E-state index contributed by atoms with van der Waals surface area (Å²) in [5.41, 5.74) is 7.89. The van der Waals surface area contributed by atoms with E-state index in [9.17, 15) is 0 Å². The van der Waals surface area contributed by atoms with E-state index in [1.807, 2.05) is 48.5 Å². The zero-order valence-electron chi connectivity index (χ0n) is 21.1. The molecule has 0 saturated carbocycles. The molecule has 5 aromatic carbocycles. The van der Waals surface area contributed by atoms with Crippen molar-refractivity contribution < 1.29 is 8.78 Å². The van der Waals surface area contributed by atoms with Crippen LogP contribution in [0.2, 0.25) is 0 Å². The first kappa shape index (κ1) is 24.4. The molecule has 6 aromatic rings. The standard InChI is InChI=1S/C36H25F2N/c37-36(38,33-17-2-1-3-18-33)34-19-9-15-31(25-34)29-13-7-11-27(23-29)26-10-6-12-28(22-26)30-14-8-16-32(24-30)35-20-4-5-21-39-35/h1-25H. The summed E-state index contributed by atoms with van der Waals surface area (Å²) in [4.78, 5) is 4.48. The van der Waals surface area contributed by atoms with E-state index in [1.54, 1.807) is 36.5 Å². The van der Waals surface area contributed by atoms with Crippen molar-refractivity contribution in [1.82, 2.24) is 4.98 Å². The summed E-state index contributed by atoms with van der Waals surface area (Å²) in [7, 11) is 0. The third-order valence-corrected chi connectivity index (χ3v) is 6.91. The number of hydrogen-bond donors (Lipinski definition) is 0. The first-order valence-electron chi connectivity index (χ1n) is 12.8. The van der Waals surface area contributed by atoms with Gasteiger partial charge in [0.2, 0.25) is 0 Å². The van der Waals surface area contributed by atoms with Crippen LogP contribution in [0.4, 0.5) is 8.78 Å². The molecule has 0 amide bonds. The SMILES string of the molecule is FC(F)(c1ccccc1)c1cccc(-c2cccc(-c3cccc(-c4cccc(-c5ccccn5)c4)c3)c2)c1. The monoisotopic (exact) mass is 509 g/mol. The lowest BCUT2D eigenvalue weighted by Crippen LogP contribution is -2.15. The van der Waals surface area contributed by atoms with Crippen LogP contribution in [0.25, 0.3) is 44.6 Å². The summed E-state index contributed by atoms with van der Waals surface area (Å²) < 4.78 is 30.5. The summed E-state index contributed by atoms with van der Waals surface area (Å²) in [6, 6.07) is 45.3. The quantitative estimate of drug-likeness (QED) is 0.218. The van der Waals surface area contributed by atoms with E-state index in [0.717, 1.165) is 44.6 Å². The van der Waals surface area contributed by atoms with Crippen LogP contribution >= 0.6 is 0 Å². The van der Waals surface area contributed by atoms with Gasteiger partial charge in [-0.15, -0.1) is 0 Å². The second-order valence-electron chi connectivity index (χ2n) is 9.48. The molecule has 0 aliphatic heterocycles. The van der Waals surface area contributed by atoms with Crippen LogP contribution in [-0.2, 0) is 5.92 Å². The number of alkyl halides is 2. The fourth-order valence-electron chi connectivity index (χ4n) is 4.86. The summed E-state index contributed by atoms with van der Waals surface area (Å²) >= 11 is 0. The van der Waals surface area contributed by atoms with Gasteiger partial charge in [-0.1, -0.05) is 109 Å². The van der Waals surface area contributed by atoms with Crippen molar-refractivity contribution in [2.45, 2.75) is 5.92 Å². The minimum atomic E-state index is -3.08. The zero-order valence-corrected chi connectivity index (χ0v) is 21.1. The van der Waals surface area contributed by atoms with E-state index in [2.05, 4.69) is 53.5 Å². The molecule has 6 rings (SSSR count). The third kappa shape index (κ3) is 5.12. The van der Waals surface area contributed by atoms with Crippen LogP contribution in [0, 0.1) is 0 Å². The van der Waals surface area contributed by atoms with Crippen molar-refractivity contribution in [3.05, 3.63) is 163 Å². The predicted molar refractivity (Wildman–Crippen MR) is 155 cm³/mol. The molecule has 0 saturated heterocycles. The van der Waals surface area contributed by atoms with Crippen molar-refractivity contribution in [3.8, 4) is 44.6 Å². The van der Waals surface area contributed by atoms with Gasteiger partial charge < -0.3 is 0 Å². The Morgan fingerprint density at radius 3 is 1.36 bits per heavy atom. The maximum Gasteiger partial charge on any atom is 0.298 e. The Morgan fingerprint density at radius 2 is 0.821 bits per heavy atom. The molecule has 3 heteroatoms. The highest BCUT2D eigenvalue weighted by molar-refractivity contribution is 5.78. The van der Waals surface area contributed by atoms with E-state index in [0.29, 0.717) is 0 Å². The van der Waals surface area contributed by atoms with Crippen molar-refractivity contribution >= 4 is 0 Å². The maximum atomic E-state index is 15.3. The number of rotatable bonds is 6. The molecule has 0 fully saturated rings. The van der Waals surface area contributed by atoms with Crippen LogP contribution in [0.5, 0.6) is 0 Å². The summed E-state index contributed by atoms with van der Waals surface area (Å²) in [6.45, 7) is 0. The number of aromatic nitrogens is 1. The van der Waals surface area contributed by atoms with Gasteiger partial charge in [-0.05, 0) is 69.8 Å². The Hall–Kier alpha value is -4.89. The van der Waals surface area contributed by atoms with Crippen molar-refractivity contribution in [1.29, 1.82) is 0 Å². The molecular formula is C36H25F2N. The van der Waals surface area contributed by atoms with Crippen LogP contribution in [-0.4, -0.2) is 4.98 Å². The van der Waals surface area contributed by atoms with Crippen LogP contribution in [0.15, 0.2) is 152 Å². The predicted octanol–water partition coefficient (Wildman–Crippen LogP) is 9.89. The summed E-state index contributed by atoms with van der Waals surface area (Å²) in [6.07, 6.45) is 1.80. The van der Waals surface area contributed by atoms with Gasteiger partial charge in [0, 0.05) is 22.9 Å². The van der Waals surface area contributed by atoms with Gasteiger partial charge in [0.25, 0.3) is 5.92 Å². The van der Waals surface area contributed by atoms with E-state index < -0.39 is 5.92 Å². The smallest absolute Gasteiger partial charge is 0.256 e. The van der Waals surface area contributed by atoms with Gasteiger partial charge in [-0.3, -0.25) is 4.98 Å². The molecule has 1 nitrogen and oxygen atoms in total. The number of halogens is 2.